The third-order valence-corrected chi connectivity index (χ3v) is 4.19. The highest BCUT2D eigenvalue weighted by Gasteiger charge is 2.09. The van der Waals surface area contributed by atoms with E-state index in [0.29, 0.717) is 0 Å². The third kappa shape index (κ3) is 3.09. The molecule has 1 nitrogen and oxygen atoms in total. The number of halogens is 1. The summed E-state index contributed by atoms with van der Waals surface area (Å²) in [5.74, 6) is 0. The Bertz CT molecular complexity index is 492. The largest absolute Gasteiger partial charge is 0.306 e. The van der Waals surface area contributed by atoms with Crippen molar-refractivity contribution in [3.05, 3.63) is 56.7 Å². The number of rotatable bonds is 4. The van der Waals surface area contributed by atoms with Crippen LogP contribution >= 0.6 is 22.9 Å². The maximum absolute atomic E-state index is 6.17. The molecule has 0 saturated heterocycles. The lowest BCUT2D eigenvalue weighted by Crippen LogP contribution is -2.18. The van der Waals surface area contributed by atoms with E-state index < -0.39 is 0 Å². The van der Waals surface area contributed by atoms with Crippen molar-refractivity contribution in [1.29, 1.82) is 0 Å². The van der Waals surface area contributed by atoms with Gasteiger partial charge in [-0.1, -0.05) is 29.8 Å². The molecule has 1 atom stereocenters. The maximum Gasteiger partial charge on any atom is 0.0453 e. The molecule has 0 aliphatic rings. The van der Waals surface area contributed by atoms with E-state index in [-0.39, 0.29) is 6.04 Å². The van der Waals surface area contributed by atoms with Gasteiger partial charge in [0.05, 0.1) is 0 Å². The van der Waals surface area contributed by atoms with E-state index in [9.17, 15) is 0 Å². The van der Waals surface area contributed by atoms with Crippen LogP contribution in [0.1, 0.15) is 29.7 Å². The molecular formula is C14H16ClNS. The molecular weight excluding hydrogens is 250 g/mol. The van der Waals surface area contributed by atoms with Crippen molar-refractivity contribution in [3.63, 3.8) is 0 Å². The molecule has 2 aromatic rings. The van der Waals surface area contributed by atoms with Crippen molar-refractivity contribution in [2.75, 3.05) is 0 Å². The molecule has 1 N–H and O–H groups in total. The molecule has 1 aromatic heterocycles. The van der Waals surface area contributed by atoms with Gasteiger partial charge in [0.15, 0.2) is 0 Å². The lowest BCUT2D eigenvalue weighted by Gasteiger charge is -2.15. The fourth-order valence-corrected chi connectivity index (χ4v) is 2.92. The van der Waals surface area contributed by atoms with Crippen LogP contribution in [0, 0.1) is 6.92 Å². The minimum Gasteiger partial charge on any atom is -0.306 e. The highest BCUT2D eigenvalue weighted by molar-refractivity contribution is 7.08. The number of hydrogen-bond acceptors (Lipinski definition) is 2. The first-order valence-electron chi connectivity index (χ1n) is 5.68. The second-order valence-electron chi connectivity index (χ2n) is 4.20. The molecule has 1 aromatic carbocycles. The Labute approximate surface area is 111 Å². The maximum atomic E-state index is 6.17. The summed E-state index contributed by atoms with van der Waals surface area (Å²) < 4.78 is 0. The zero-order valence-corrected chi connectivity index (χ0v) is 11.6. The van der Waals surface area contributed by atoms with Gasteiger partial charge in [-0.15, -0.1) is 0 Å². The Morgan fingerprint density at radius 2 is 2.06 bits per heavy atom. The van der Waals surface area contributed by atoms with Crippen molar-refractivity contribution in [3.8, 4) is 0 Å². The normalized spacial score (nSPS) is 12.6. The smallest absolute Gasteiger partial charge is 0.0453 e. The van der Waals surface area contributed by atoms with Gasteiger partial charge in [-0.3, -0.25) is 0 Å². The molecule has 1 unspecified atom stereocenters. The molecule has 17 heavy (non-hydrogen) atoms. The summed E-state index contributed by atoms with van der Waals surface area (Å²) in [5.41, 5.74) is 3.88. The number of benzene rings is 1. The second-order valence-corrected chi connectivity index (χ2v) is 5.35. The van der Waals surface area contributed by atoms with Crippen LogP contribution in [0.3, 0.4) is 0 Å². The zero-order chi connectivity index (χ0) is 12.3. The van der Waals surface area contributed by atoms with Crippen molar-refractivity contribution < 1.29 is 0 Å². The van der Waals surface area contributed by atoms with Gasteiger partial charge < -0.3 is 5.32 Å². The number of thiophene rings is 1. The van der Waals surface area contributed by atoms with Crippen LogP contribution in [0.5, 0.6) is 0 Å². The summed E-state index contributed by atoms with van der Waals surface area (Å²) in [5, 5.41) is 8.71. The minimum atomic E-state index is 0.267. The van der Waals surface area contributed by atoms with Gasteiger partial charge in [0, 0.05) is 17.6 Å². The molecule has 0 amide bonds. The monoisotopic (exact) mass is 265 g/mol. The van der Waals surface area contributed by atoms with Crippen LogP contribution in [-0.2, 0) is 6.54 Å². The Hall–Kier alpha value is -0.830. The van der Waals surface area contributed by atoms with Gasteiger partial charge in [-0.2, -0.15) is 11.3 Å². The van der Waals surface area contributed by atoms with Crippen LogP contribution in [-0.4, -0.2) is 0 Å². The first kappa shape index (κ1) is 12.6. The molecule has 0 aliphatic carbocycles. The highest BCUT2D eigenvalue weighted by Crippen LogP contribution is 2.23. The van der Waals surface area contributed by atoms with Gasteiger partial charge in [0.25, 0.3) is 0 Å². The summed E-state index contributed by atoms with van der Waals surface area (Å²) >= 11 is 7.92. The summed E-state index contributed by atoms with van der Waals surface area (Å²) in [6.45, 7) is 5.18. The fourth-order valence-electron chi connectivity index (χ4n) is 1.77. The van der Waals surface area contributed by atoms with Gasteiger partial charge in [0.1, 0.15) is 0 Å². The molecule has 2 rings (SSSR count). The van der Waals surface area contributed by atoms with Crippen LogP contribution in [0.4, 0.5) is 0 Å². The minimum absolute atomic E-state index is 0.267. The van der Waals surface area contributed by atoms with Crippen LogP contribution in [0.2, 0.25) is 5.02 Å². The van der Waals surface area contributed by atoms with Crippen molar-refractivity contribution in [1.82, 2.24) is 5.32 Å². The summed E-state index contributed by atoms with van der Waals surface area (Å²) in [6, 6.07) is 8.25. The first-order valence-corrected chi connectivity index (χ1v) is 7.00. The van der Waals surface area contributed by atoms with Crippen LogP contribution in [0.15, 0.2) is 35.0 Å². The molecule has 0 fully saturated rings. The van der Waals surface area contributed by atoms with Crippen molar-refractivity contribution >= 4 is 22.9 Å². The van der Waals surface area contributed by atoms with Crippen molar-refractivity contribution in [2.24, 2.45) is 0 Å². The lowest BCUT2D eigenvalue weighted by atomic mass is 10.1. The van der Waals surface area contributed by atoms with E-state index in [0.717, 1.165) is 17.1 Å². The van der Waals surface area contributed by atoms with E-state index in [4.69, 9.17) is 11.6 Å². The van der Waals surface area contributed by atoms with Gasteiger partial charge in [-0.05, 0) is 47.4 Å². The quantitative estimate of drug-likeness (QED) is 0.855. The Kier molecular flexibility index (Phi) is 4.21. The fraction of sp³-hybridized carbons (Fsp3) is 0.286. The van der Waals surface area contributed by atoms with E-state index in [1.807, 2.05) is 18.2 Å². The first-order chi connectivity index (χ1) is 8.18. The average Bonchev–Trinajstić information content (AvgIpc) is 2.72. The molecule has 0 spiro atoms. The molecule has 3 heteroatoms. The van der Waals surface area contributed by atoms with Crippen LogP contribution < -0.4 is 5.32 Å². The highest BCUT2D eigenvalue weighted by atomic mass is 35.5. The van der Waals surface area contributed by atoms with E-state index in [1.54, 1.807) is 11.3 Å². The number of hydrogen-bond donors (Lipinski definition) is 1. The SMILES string of the molecule is Cc1cscc1CNC(C)c1ccccc1Cl. The standard InChI is InChI=1S/C14H16ClNS/c1-10-8-17-9-12(10)7-16-11(2)13-5-3-4-6-14(13)15/h3-6,8-9,11,16H,7H2,1-2H3. The molecule has 0 bridgehead atoms. The molecule has 0 saturated carbocycles. The lowest BCUT2D eigenvalue weighted by molar-refractivity contribution is 0.574. The van der Waals surface area contributed by atoms with Crippen LogP contribution in [0.25, 0.3) is 0 Å². The topological polar surface area (TPSA) is 12.0 Å². The number of aryl methyl sites for hydroxylation is 1. The Morgan fingerprint density at radius 1 is 1.29 bits per heavy atom. The van der Waals surface area contributed by atoms with Crippen molar-refractivity contribution in [2.45, 2.75) is 26.4 Å². The van der Waals surface area contributed by atoms with Gasteiger partial charge in [-0.25, -0.2) is 0 Å². The third-order valence-electron chi connectivity index (χ3n) is 2.93. The van der Waals surface area contributed by atoms with E-state index in [2.05, 4.69) is 36.0 Å². The predicted molar refractivity (Wildman–Crippen MR) is 75.8 cm³/mol. The molecule has 0 radical (unpaired) electrons. The molecule has 1 heterocycles. The van der Waals surface area contributed by atoms with Gasteiger partial charge >= 0.3 is 0 Å². The number of nitrogens with one attached hydrogen (secondary N) is 1. The predicted octanol–water partition coefficient (Wildman–Crippen LogP) is 4.56. The second kappa shape index (κ2) is 5.67. The van der Waals surface area contributed by atoms with E-state index >= 15 is 0 Å². The average molecular weight is 266 g/mol. The molecule has 90 valence electrons. The summed E-state index contributed by atoms with van der Waals surface area (Å²) in [6.07, 6.45) is 0. The zero-order valence-electron chi connectivity index (χ0n) is 10.0. The summed E-state index contributed by atoms with van der Waals surface area (Å²) in [4.78, 5) is 0. The summed E-state index contributed by atoms with van der Waals surface area (Å²) in [7, 11) is 0. The Morgan fingerprint density at radius 3 is 2.71 bits per heavy atom. The molecule has 0 aliphatic heterocycles. The Balaban J connectivity index is 2.01. The van der Waals surface area contributed by atoms with Gasteiger partial charge in [0.2, 0.25) is 0 Å². The van der Waals surface area contributed by atoms with E-state index in [1.165, 1.54) is 11.1 Å².